The van der Waals surface area contributed by atoms with Crippen LogP contribution >= 0.6 is 11.3 Å². The van der Waals surface area contributed by atoms with Crippen LogP contribution in [-0.4, -0.2) is 47.0 Å². The molecule has 2 heterocycles. The summed E-state index contributed by atoms with van der Waals surface area (Å²) in [5.74, 6) is 1.89. The van der Waals surface area contributed by atoms with Gasteiger partial charge in [0, 0.05) is 29.1 Å². The first-order valence-corrected chi connectivity index (χ1v) is 11.0. The highest BCUT2D eigenvalue weighted by molar-refractivity contribution is 7.13. The molecule has 1 amide bonds. The molecular weight excluding hydrogens is 424 g/mol. The molecule has 0 aliphatic heterocycles. The number of thiazole rings is 1. The number of rotatable bonds is 7. The Morgan fingerprint density at radius 3 is 2.59 bits per heavy atom. The largest absolute Gasteiger partial charge is 0.493 e. The van der Waals surface area contributed by atoms with Crippen LogP contribution in [0.5, 0.6) is 11.5 Å². The van der Waals surface area contributed by atoms with E-state index in [9.17, 15) is 4.79 Å². The first-order chi connectivity index (χ1) is 15.5. The Balaban J connectivity index is 1.45. The highest BCUT2D eigenvalue weighted by Crippen LogP contribution is 2.33. The fraction of sp³-hybridized carbons (Fsp3) is 0.250. The summed E-state index contributed by atoms with van der Waals surface area (Å²) >= 11 is 1.49. The molecule has 164 valence electrons. The van der Waals surface area contributed by atoms with Crippen LogP contribution in [0, 0.1) is 6.92 Å². The first-order valence-electron chi connectivity index (χ1n) is 10.1. The van der Waals surface area contributed by atoms with Crippen molar-refractivity contribution in [3.8, 4) is 22.1 Å². The minimum atomic E-state index is -0.0384. The Hall–Kier alpha value is -3.52. The van der Waals surface area contributed by atoms with E-state index in [0.717, 1.165) is 32.9 Å². The molecule has 8 heteroatoms. The third kappa shape index (κ3) is 4.55. The van der Waals surface area contributed by atoms with Crippen molar-refractivity contribution >= 4 is 28.1 Å². The van der Waals surface area contributed by atoms with E-state index in [-0.39, 0.29) is 12.3 Å². The van der Waals surface area contributed by atoms with Gasteiger partial charge in [-0.3, -0.25) is 4.79 Å². The van der Waals surface area contributed by atoms with E-state index in [0.29, 0.717) is 23.9 Å². The lowest BCUT2D eigenvalue weighted by Crippen LogP contribution is -2.28. The molecule has 4 rings (SSSR count). The number of carbonyl (C=O) groups excluding carboxylic acids is 1. The van der Waals surface area contributed by atoms with Gasteiger partial charge >= 0.3 is 0 Å². The lowest BCUT2D eigenvalue weighted by Gasteiger charge is -2.16. The molecule has 0 fully saturated rings. The quantitative estimate of drug-likeness (QED) is 0.420. The second kappa shape index (κ2) is 9.32. The zero-order chi connectivity index (χ0) is 22.7. The molecule has 0 unspecified atom stereocenters. The molecule has 0 bridgehead atoms. The van der Waals surface area contributed by atoms with E-state index >= 15 is 0 Å². The number of ether oxygens (including phenoxy) is 2. The van der Waals surface area contributed by atoms with Gasteiger partial charge in [0.1, 0.15) is 10.8 Å². The Kier molecular flexibility index (Phi) is 6.32. The van der Waals surface area contributed by atoms with Crippen molar-refractivity contribution in [3.05, 3.63) is 65.1 Å². The van der Waals surface area contributed by atoms with Crippen molar-refractivity contribution in [3.63, 3.8) is 0 Å². The maximum absolute atomic E-state index is 12.8. The molecular formula is C24H24N4O3S. The van der Waals surface area contributed by atoms with E-state index in [2.05, 4.69) is 15.0 Å². The molecule has 0 aliphatic rings. The molecule has 0 aliphatic carbocycles. The lowest BCUT2D eigenvalue weighted by atomic mass is 10.2. The summed E-state index contributed by atoms with van der Waals surface area (Å²) in [4.78, 5) is 28.2. The van der Waals surface area contributed by atoms with E-state index in [1.165, 1.54) is 11.3 Å². The molecule has 0 spiro atoms. The summed E-state index contributed by atoms with van der Waals surface area (Å²) in [5, 5.41) is 3.76. The number of benzene rings is 2. The van der Waals surface area contributed by atoms with Crippen LogP contribution in [0.25, 0.3) is 21.5 Å². The topological polar surface area (TPSA) is 77.4 Å². The third-order valence-electron chi connectivity index (χ3n) is 5.16. The van der Waals surface area contributed by atoms with Gasteiger partial charge in [-0.05, 0) is 31.2 Å². The van der Waals surface area contributed by atoms with Crippen molar-refractivity contribution in [1.29, 1.82) is 0 Å². The van der Waals surface area contributed by atoms with Crippen molar-refractivity contribution < 1.29 is 14.3 Å². The van der Waals surface area contributed by atoms with Crippen molar-refractivity contribution in [2.24, 2.45) is 0 Å². The highest BCUT2D eigenvalue weighted by Gasteiger charge is 2.16. The Morgan fingerprint density at radius 1 is 1.03 bits per heavy atom. The van der Waals surface area contributed by atoms with Crippen molar-refractivity contribution in [2.75, 3.05) is 21.3 Å². The summed E-state index contributed by atoms with van der Waals surface area (Å²) in [5.41, 5.74) is 3.44. The number of amides is 1. The number of carbonyl (C=O) groups is 1. The van der Waals surface area contributed by atoms with Gasteiger partial charge in [-0.25, -0.2) is 15.0 Å². The van der Waals surface area contributed by atoms with Crippen LogP contribution < -0.4 is 9.47 Å². The minimum Gasteiger partial charge on any atom is -0.493 e. The van der Waals surface area contributed by atoms with Crippen LogP contribution in [0.1, 0.15) is 17.2 Å². The van der Waals surface area contributed by atoms with Gasteiger partial charge in [0.05, 0.1) is 38.4 Å². The zero-order valence-corrected chi connectivity index (χ0v) is 19.3. The molecule has 2 aromatic heterocycles. The molecule has 0 saturated carbocycles. The second-order valence-corrected chi connectivity index (χ2v) is 8.24. The fourth-order valence-electron chi connectivity index (χ4n) is 3.45. The molecule has 0 atom stereocenters. The van der Waals surface area contributed by atoms with Gasteiger partial charge in [0.25, 0.3) is 0 Å². The third-order valence-corrected chi connectivity index (χ3v) is 6.10. The van der Waals surface area contributed by atoms with Gasteiger partial charge in [0.15, 0.2) is 11.5 Å². The first kappa shape index (κ1) is 21.7. The zero-order valence-electron chi connectivity index (χ0n) is 18.5. The summed E-state index contributed by atoms with van der Waals surface area (Å²) in [7, 11) is 4.97. The number of aromatic nitrogens is 3. The Labute approximate surface area is 190 Å². The number of hydrogen-bond donors (Lipinski definition) is 0. The van der Waals surface area contributed by atoms with E-state index in [1.54, 1.807) is 26.2 Å². The molecule has 4 aromatic rings. The number of methoxy groups -OCH3 is 2. The fourth-order valence-corrected chi connectivity index (χ4v) is 4.26. The Morgan fingerprint density at radius 2 is 1.81 bits per heavy atom. The number of fused-ring (bicyclic) bond motifs is 1. The van der Waals surface area contributed by atoms with Gasteiger partial charge < -0.3 is 14.4 Å². The summed E-state index contributed by atoms with van der Waals surface area (Å²) in [6, 6.07) is 13.5. The molecule has 32 heavy (non-hydrogen) atoms. The van der Waals surface area contributed by atoms with Gasteiger partial charge in [-0.15, -0.1) is 11.3 Å². The number of nitrogens with zero attached hydrogens (tertiary/aromatic N) is 4. The maximum Gasteiger partial charge on any atom is 0.228 e. The van der Waals surface area contributed by atoms with Crippen LogP contribution in [0.2, 0.25) is 0 Å². The standard InChI is InChI=1S/C24H24N4O3S/c1-15-18-7-5-6-8-19(18)27-22(25-15)13-28(2)23(29)12-17-14-32-24(26-17)16-9-10-20(30-3)21(11-16)31-4/h5-11,14H,12-13H2,1-4H3. The SMILES string of the molecule is COc1ccc(-c2nc(CC(=O)N(C)Cc3nc(C)c4ccccc4n3)cs2)cc1OC. The average molecular weight is 449 g/mol. The smallest absolute Gasteiger partial charge is 0.228 e. The Bertz CT molecular complexity index is 1270. The summed E-state index contributed by atoms with van der Waals surface area (Å²) < 4.78 is 10.7. The molecule has 7 nitrogen and oxygen atoms in total. The van der Waals surface area contributed by atoms with E-state index < -0.39 is 0 Å². The average Bonchev–Trinajstić information content (AvgIpc) is 3.27. The number of para-hydroxylation sites is 1. The normalized spacial score (nSPS) is 10.9. The molecule has 0 radical (unpaired) electrons. The number of hydrogen-bond acceptors (Lipinski definition) is 7. The lowest BCUT2D eigenvalue weighted by molar-refractivity contribution is -0.129. The summed E-state index contributed by atoms with van der Waals surface area (Å²) in [6.07, 6.45) is 0.215. The van der Waals surface area contributed by atoms with Crippen LogP contribution in [0.4, 0.5) is 0 Å². The summed E-state index contributed by atoms with van der Waals surface area (Å²) in [6.45, 7) is 2.30. The maximum atomic E-state index is 12.8. The van der Waals surface area contributed by atoms with E-state index in [1.807, 2.05) is 54.8 Å². The predicted molar refractivity (Wildman–Crippen MR) is 125 cm³/mol. The second-order valence-electron chi connectivity index (χ2n) is 7.38. The van der Waals surface area contributed by atoms with Gasteiger partial charge in [-0.2, -0.15) is 0 Å². The highest BCUT2D eigenvalue weighted by atomic mass is 32.1. The molecule has 2 aromatic carbocycles. The van der Waals surface area contributed by atoms with Crippen molar-refractivity contribution in [2.45, 2.75) is 19.9 Å². The van der Waals surface area contributed by atoms with E-state index in [4.69, 9.17) is 9.47 Å². The predicted octanol–water partition coefficient (Wildman–Crippen LogP) is 4.28. The number of aryl methyl sites for hydroxylation is 1. The molecule has 0 N–H and O–H groups in total. The van der Waals surface area contributed by atoms with Crippen LogP contribution in [0.3, 0.4) is 0 Å². The minimum absolute atomic E-state index is 0.0384. The van der Waals surface area contributed by atoms with Crippen molar-refractivity contribution in [1.82, 2.24) is 19.9 Å². The molecule has 0 saturated heterocycles. The van der Waals surface area contributed by atoms with Crippen LogP contribution in [0.15, 0.2) is 47.8 Å². The van der Waals surface area contributed by atoms with Gasteiger partial charge in [-0.1, -0.05) is 18.2 Å². The monoisotopic (exact) mass is 448 g/mol. The number of likely N-dealkylation sites (N-methyl/N-ethyl adjacent to an activating group) is 1. The van der Waals surface area contributed by atoms with Crippen LogP contribution in [-0.2, 0) is 17.8 Å². The van der Waals surface area contributed by atoms with Gasteiger partial charge in [0.2, 0.25) is 5.91 Å².